The second-order valence-electron chi connectivity index (χ2n) is 25.0. The summed E-state index contributed by atoms with van der Waals surface area (Å²) in [4.78, 5) is 87.3. The number of imidazole rings is 1. The van der Waals surface area contributed by atoms with Crippen LogP contribution in [0.15, 0.2) is 176 Å². The van der Waals surface area contributed by atoms with Gasteiger partial charge in [0.25, 0.3) is 17.7 Å². The molecule has 0 spiro atoms. The first-order chi connectivity index (χ1) is 45.8. The molecule has 1 aliphatic carbocycles. The van der Waals surface area contributed by atoms with Crippen molar-refractivity contribution in [3.05, 3.63) is 199 Å². The highest BCUT2D eigenvalue weighted by atomic mass is 16.5. The molecule has 19 heteroatoms. The summed E-state index contributed by atoms with van der Waals surface area (Å²) in [5.41, 5.74) is 27.6. The van der Waals surface area contributed by atoms with Gasteiger partial charge in [-0.15, -0.1) is 0 Å². The molecule has 506 valence electrons. The van der Waals surface area contributed by atoms with Crippen molar-refractivity contribution < 1.29 is 43.0 Å². The lowest BCUT2D eigenvalue weighted by atomic mass is 9.83. The first-order valence-electron chi connectivity index (χ1n) is 33.2. The summed E-state index contributed by atoms with van der Waals surface area (Å²) in [6.45, 7) is 17.2. The summed E-state index contributed by atoms with van der Waals surface area (Å²) >= 11 is 0. The van der Waals surface area contributed by atoms with E-state index in [1.807, 2.05) is 135 Å². The number of carbonyl (C=O) groups is 6. The third-order valence-corrected chi connectivity index (χ3v) is 18.4. The lowest BCUT2D eigenvalue weighted by Gasteiger charge is -2.36. The molecule has 2 fully saturated rings. The number of hydrogen-bond acceptors (Lipinski definition) is 15. The number of aromatic nitrogens is 2. The van der Waals surface area contributed by atoms with Gasteiger partial charge < -0.3 is 62.1 Å². The number of hydrogen-bond donors (Lipinski definition) is 7. The molecule has 5 aromatic carbocycles. The van der Waals surface area contributed by atoms with Crippen LogP contribution >= 0.6 is 0 Å². The van der Waals surface area contributed by atoms with Crippen molar-refractivity contribution in [3.8, 4) is 33.5 Å². The van der Waals surface area contributed by atoms with Crippen molar-refractivity contribution >= 4 is 35.6 Å². The van der Waals surface area contributed by atoms with Crippen LogP contribution in [0.5, 0.6) is 0 Å². The fourth-order valence-electron chi connectivity index (χ4n) is 12.8. The van der Waals surface area contributed by atoms with Crippen molar-refractivity contribution in [1.82, 2.24) is 35.7 Å². The van der Waals surface area contributed by atoms with E-state index in [1.54, 1.807) is 24.7 Å². The van der Waals surface area contributed by atoms with Crippen LogP contribution in [0.4, 0.5) is 0 Å². The first-order valence-corrected chi connectivity index (χ1v) is 33.2. The number of nitrogens with one attached hydrogen (secondary N) is 4. The van der Waals surface area contributed by atoms with E-state index in [4.69, 9.17) is 31.4 Å². The number of ether oxygens (including phenoxy) is 3. The molecule has 19 nitrogen and oxygen atoms in total. The fraction of sp³-hybridized carbons (Fsp3) is 0.408. The molecule has 0 saturated carbocycles. The van der Waals surface area contributed by atoms with Gasteiger partial charge >= 0.3 is 17.9 Å². The third-order valence-electron chi connectivity index (χ3n) is 18.4. The molecule has 6 aromatic rings. The molecular weight excluding hydrogens is 1200 g/mol. The summed E-state index contributed by atoms with van der Waals surface area (Å²) in [6, 6.07) is 39.3. The Morgan fingerprint density at radius 1 is 0.589 bits per heavy atom. The molecule has 10 N–H and O–H groups in total. The Balaban J connectivity index is 0.000000202. The number of amides is 3. The van der Waals surface area contributed by atoms with Crippen LogP contribution in [0.2, 0.25) is 0 Å². The SMILES string of the molecule is C=C(N)N1CCCC(C[C@@H](C(=O)OC)[C@@H](C)NC(=O)c2ccc(-c3cnc[nH]3)cc2)C1.C=C(N)N1CCCC(C[C@@H](C(=O)OC)[C@@H](CC)NC(=O)c2ccc(-c3cccc(CN)c3)cc2)C1.COC(=O)[C@H](CC1=CCCCC1)[C@@H](C)NC(=O)c1ccc(-c2ccccc2)cc1. The molecular formula is C76H98N10O9. The second-order valence-corrected chi connectivity index (χ2v) is 25.0. The molecule has 3 heterocycles. The molecule has 3 amide bonds. The monoisotopic (exact) mass is 1290 g/mol. The highest BCUT2D eigenvalue weighted by molar-refractivity contribution is 5.96. The number of nitrogens with zero attached hydrogens (tertiary/aromatic N) is 3. The van der Waals surface area contributed by atoms with Crippen LogP contribution in [0.3, 0.4) is 0 Å². The maximum absolute atomic E-state index is 13.1. The molecule has 0 bridgehead atoms. The van der Waals surface area contributed by atoms with E-state index in [1.165, 1.54) is 33.3 Å². The van der Waals surface area contributed by atoms with E-state index in [0.29, 0.717) is 60.6 Å². The quantitative estimate of drug-likeness (QED) is 0.0159. The van der Waals surface area contributed by atoms with Crippen molar-refractivity contribution in [2.24, 2.45) is 46.8 Å². The Labute approximate surface area is 560 Å². The topological polar surface area (TPSA) is 279 Å². The van der Waals surface area contributed by atoms with Gasteiger partial charge in [-0.25, -0.2) is 4.98 Å². The highest BCUT2D eigenvalue weighted by Gasteiger charge is 2.35. The Morgan fingerprint density at radius 3 is 1.55 bits per heavy atom. The molecule has 0 radical (unpaired) electrons. The van der Waals surface area contributed by atoms with Gasteiger partial charge in [0.05, 0.1) is 68.9 Å². The van der Waals surface area contributed by atoms with Gasteiger partial charge in [-0.2, -0.15) is 0 Å². The number of allylic oxidation sites excluding steroid dienone is 2. The minimum atomic E-state index is -0.436. The molecule has 1 aromatic heterocycles. The number of aromatic amines is 1. The number of piperidine rings is 2. The maximum atomic E-state index is 13.1. The van der Waals surface area contributed by atoms with Gasteiger partial charge in [0, 0.05) is 67.5 Å². The molecule has 2 saturated heterocycles. The Bertz CT molecular complexity index is 3500. The summed E-state index contributed by atoms with van der Waals surface area (Å²) in [6.07, 6.45) is 16.6. The van der Waals surface area contributed by atoms with E-state index < -0.39 is 11.8 Å². The number of methoxy groups -OCH3 is 3. The van der Waals surface area contributed by atoms with E-state index >= 15 is 0 Å². The lowest BCUT2D eigenvalue weighted by Crippen LogP contribution is -2.46. The number of H-pyrrole nitrogens is 1. The number of likely N-dealkylation sites (tertiary alicyclic amines) is 2. The summed E-state index contributed by atoms with van der Waals surface area (Å²) < 4.78 is 15.2. The predicted octanol–water partition coefficient (Wildman–Crippen LogP) is 11.3. The molecule has 95 heavy (non-hydrogen) atoms. The molecule has 8 atom stereocenters. The van der Waals surface area contributed by atoms with Crippen LogP contribution in [0.25, 0.3) is 33.5 Å². The van der Waals surface area contributed by atoms with Crippen molar-refractivity contribution in [1.29, 1.82) is 0 Å². The maximum Gasteiger partial charge on any atom is 0.311 e. The van der Waals surface area contributed by atoms with E-state index in [9.17, 15) is 28.8 Å². The number of nitrogens with two attached hydrogens (primary N) is 3. The minimum absolute atomic E-state index is 0.177. The largest absolute Gasteiger partial charge is 0.469 e. The van der Waals surface area contributed by atoms with Gasteiger partial charge in [-0.05, 0) is 179 Å². The fourth-order valence-corrected chi connectivity index (χ4v) is 12.8. The van der Waals surface area contributed by atoms with Gasteiger partial charge in [-0.3, -0.25) is 28.8 Å². The number of esters is 3. The van der Waals surface area contributed by atoms with Gasteiger partial charge in [-0.1, -0.05) is 117 Å². The van der Waals surface area contributed by atoms with Crippen LogP contribution in [-0.4, -0.2) is 121 Å². The van der Waals surface area contributed by atoms with Gasteiger partial charge in [0.2, 0.25) is 0 Å². The average molecular weight is 1300 g/mol. The van der Waals surface area contributed by atoms with Crippen LogP contribution in [0, 0.1) is 29.6 Å². The second kappa shape index (κ2) is 36.8. The normalized spacial score (nSPS) is 17.1. The molecule has 3 aliphatic rings. The van der Waals surface area contributed by atoms with Gasteiger partial charge in [0.1, 0.15) is 0 Å². The summed E-state index contributed by atoms with van der Waals surface area (Å²) in [7, 11) is 4.19. The first kappa shape index (κ1) is 72.9. The predicted molar refractivity (Wildman–Crippen MR) is 373 cm³/mol. The number of benzene rings is 5. The number of carbonyl (C=O) groups excluding carboxylic acids is 6. The van der Waals surface area contributed by atoms with Crippen molar-refractivity contribution in [2.75, 3.05) is 47.5 Å². The molecule has 2 aliphatic heterocycles. The molecule has 9 rings (SSSR count). The molecule has 2 unspecified atom stereocenters. The van der Waals surface area contributed by atoms with Crippen molar-refractivity contribution in [2.45, 2.75) is 122 Å². The summed E-state index contributed by atoms with van der Waals surface area (Å²) in [5, 5.41) is 9.05. The Kier molecular flexibility index (Phi) is 28.3. The zero-order valence-electron chi connectivity index (χ0n) is 56.2. The Hall–Kier alpha value is -9.49. The zero-order valence-corrected chi connectivity index (χ0v) is 56.2. The van der Waals surface area contributed by atoms with Crippen LogP contribution in [-0.2, 0) is 35.1 Å². The lowest BCUT2D eigenvalue weighted by molar-refractivity contribution is -0.148. The van der Waals surface area contributed by atoms with E-state index in [2.05, 4.69) is 56.1 Å². The van der Waals surface area contributed by atoms with Crippen LogP contribution < -0.4 is 33.2 Å². The standard InChI is InChI=1S/C28H38N4O3.C25H29NO3.C23H31N5O3/c1-4-26(25(28(34)35-3)16-21-8-6-14-32(18-21)19(2)30)31-27(33)23-12-10-22(11-13-23)24-9-5-7-20(15-24)17-29;1-18(23(25(28)29-2)17-19-9-5-3-6-10-19)26-24(27)22-15-13-21(14-16-22)20-11-7-4-8-12-20;1-15(20(23(30)31-3)11-17-5-4-10-28(13-17)16(2)24)27-22(29)19-8-6-18(7-9-19)21-12-25-14-26-21/h5,7,9-13,15,21,25-26H,2,4,6,8,14,16-18,29-30H2,1,3H3,(H,31,33);4,7-9,11-16,18,23H,3,5-6,10,17H2,1-2H3,(H,26,27);6-9,12,14-15,17,20H,2,4-5,10-11,13,24H2,1,3H3,(H,25,26)(H,27,29)/t21?,25-,26-;18-,23-;15-,17?,20-/m111/s1. The summed E-state index contributed by atoms with van der Waals surface area (Å²) in [5.74, 6) is -1.05. The number of rotatable bonds is 25. The average Bonchev–Trinajstić information content (AvgIpc) is 1.06. The Morgan fingerprint density at radius 2 is 1.06 bits per heavy atom. The van der Waals surface area contributed by atoms with Gasteiger partial charge in [0.15, 0.2) is 0 Å². The smallest absolute Gasteiger partial charge is 0.311 e. The van der Waals surface area contributed by atoms with Crippen molar-refractivity contribution in [3.63, 3.8) is 0 Å². The van der Waals surface area contributed by atoms with Crippen LogP contribution in [0.1, 0.15) is 134 Å². The third kappa shape index (κ3) is 21.5. The minimum Gasteiger partial charge on any atom is -0.469 e. The zero-order chi connectivity index (χ0) is 68.4. The van der Waals surface area contributed by atoms with E-state index in [0.717, 1.165) is 110 Å². The highest BCUT2D eigenvalue weighted by Crippen LogP contribution is 2.31. The van der Waals surface area contributed by atoms with E-state index in [-0.39, 0.29) is 71.5 Å².